The Morgan fingerprint density at radius 1 is 0.946 bits per heavy atom. The summed E-state index contributed by atoms with van der Waals surface area (Å²) in [5.74, 6) is 1.56. The monoisotopic (exact) mass is 522 g/mol. The molecule has 2 rings (SSSR count). The summed E-state index contributed by atoms with van der Waals surface area (Å²) < 4.78 is 16.6. The van der Waals surface area contributed by atoms with Crippen LogP contribution in [0.25, 0.3) is 0 Å². The summed E-state index contributed by atoms with van der Waals surface area (Å²) in [6, 6.07) is 0. The quantitative estimate of drug-likeness (QED) is 0.157. The highest BCUT2D eigenvalue weighted by Crippen LogP contribution is 2.27. The predicted molar refractivity (Wildman–Crippen MR) is 139 cm³/mol. The van der Waals surface area contributed by atoms with Gasteiger partial charge in [0.2, 0.25) is 5.89 Å². The van der Waals surface area contributed by atoms with E-state index in [0.29, 0.717) is 11.7 Å². The van der Waals surface area contributed by atoms with Crippen molar-refractivity contribution in [2.45, 2.75) is 129 Å². The van der Waals surface area contributed by atoms with Crippen LogP contribution < -0.4 is 0 Å². The van der Waals surface area contributed by atoms with Crippen molar-refractivity contribution in [3.8, 4) is 0 Å². The molecule has 2 heterocycles. The van der Waals surface area contributed by atoms with Crippen LogP contribution in [0.1, 0.15) is 121 Å². The Bertz CT molecular complexity index is 851. The molecule has 0 aliphatic heterocycles. The van der Waals surface area contributed by atoms with Crippen molar-refractivity contribution in [1.82, 2.24) is 9.97 Å². The second-order valence-corrected chi connectivity index (χ2v) is 10.4. The van der Waals surface area contributed by atoms with Crippen molar-refractivity contribution in [1.29, 1.82) is 0 Å². The molecule has 9 nitrogen and oxygen atoms in total. The second kappa shape index (κ2) is 17.3. The second-order valence-electron chi connectivity index (χ2n) is 10.4. The Morgan fingerprint density at radius 2 is 1.59 bits per heavy atom. The van der Waals surface area contributed by atoms with Gasteiger partial charge in [0.05, 0.1) is 31.0 Å². The fourth-order valence-corrected chi connectivity index (χ4v) is 4.21. The number of nitrogens with zero attached hydrogens (tertiary/aromatic N) is 2. The van der Waals surface area contributed by atoms with Gasteiger partial charge in [-0.1, -0.05) is 71.6 Å². The third kappa shape index (κ3) is 12.7. The van der Waals surface area contributed by atoms with Crippen molar-refractivity contribution in [2.75, 3.05) is 0 Å². The Hall–Kier alpha value is -2.23. The first-order valence-electron chi connectivity index (χ1n) is 13.8. The summed E-state index contributed by atoms with van der Waals surface area (Å²) in [6.45, 7) is 5.92. The average Bonchev–Trinajstić information content (AvgIpc) is 3.54. The highest BCUT2D eigenvalue weighted by atomic mass is 16.6. The van der Waals surface area contributed by atoms with Crippen molar-refractivity contribution in [3.05, 3.63) is 36.2 Å². The Morgan fingerprint density at radius 3 is 2.19 bits per heavy atom. The summed E-state index contributed by atoms with van der Waals surface area (Å²) in [5.41, 5.74) is 0. The molecule has 0 amide bonds. The number of aromatic nitrogens is 2. The molecule has 0 unspecified atom stereocenters. The maximum Gasteiger partial charge on any atom is 0.306 e. The smallest absolute Gasteiger partial charge is 0.306 e. The number of hydrogen-bond donors (Lipinski definition) is 3. The number of hydrogen-bond acceptors (Lipinski definition) is 9. The van der Waals surface area contributed by atoms with Crippen molar-refractivity contribution >= 4 is 5.97 Å². The van der Waals surface area contributed by atoms with Crippen LogP contribution in [0.4, 0.5) is 0 Å². The van der Waals surface area contributed by atoms with Crippen molar-refractivity contribution in [2.24, 2.45) is 5.92 Å². The molecule has 2 aromatic heterocycles. The first-order valence-corrected chi connectivity index (χ1v) is 13.8. The Kier molecular flexibility index (Phi) is 14.5. The summed E-state index contributed by atoms with van der Waals surface area (Å²) in [4.78, 5) is 20.6. The van der Waals surface area contributed by atoms with Crippen LogP contribution in [0.5, 0.6) is 0 Å². The molecule has 0 radical (unpaired) electrons. The SMILES string of the molecule is CC(C)CCCCCCCCCCCC(=O)O[C@H](C[C@H](O)[C@H](O)[C@H](C)O)c1cnc(Cc2cnco2)o1. The van der Waals surface area contributed by atoms with Crippen LogP contribution in [-0.2, 0) is 16.0 Å². The van der Waals surface area contributed by atoms with Crippen LogP contribution >= 0.6 is 0 Å². The molecule has 0 aromatic carbocycles. The fourth-order valence-electron chi connectivity index (χ4n) is 4.21. The maximum atomic E-state index is 12.6. The third-order valence-electron chi connectivity index (χ3n) is 6.48. The van der Waals surface area contributed by atoms with Gasteiger partial charge in [-0.15, -0.1) is 0 Å². The molecule has 37 heavy (non-hydrogen) atoms. The lowest BCUT2D eigenvalue weighted by Gasteiger charge is -2.24. The van der Waals surface area contributed by atoms with Gasteiger partial charge in [0.15, 0.2) is 18.3 Å². The standard InChI is InChI=1S/C28H46N2O7/c1-20(2)13-11-9-7-5-4-6-8-10-12-14-27(33)37-24(16-23(32)28(34)21(3)31)25-18-30-26(36-25)15-22-17-29-19-35-22/h17-21,23-24,28,31-32,34H,4-16H2,1-3H3/t21-,23-,24+,28+/m0/s1. The van der Waals surface area contributed by atoms with Gasteiger partial charge in [0.1, 0.15) is 11.9 Å². The zero-order chi connectivity index (χ0) is 27.0. The van der Waals surface area contributed by atoms with Crippen LogP contribution in [0.15, 0.2) is 27.6 Å². The lowest BCUT2D eigenvalue weighted by Crippen LogP contribution is -2.37. The number of aliphatic hydroxyl groups excluding tert-OH is 3. The average molecular weight is 523 g/mol. The molecule has 9 heteroatoms. The number of esters is 1. The lowest BCUT2D eigenvalue weighted by atomic mass is 10.0. The maximum absolute atomic E-state index is 12.6. The topological polar surface area (TPSA) is 139 Å². The molecule has 2 aromatic rings. The largest absolute Gasteiger partial charge is 0.454 e. The molecule has 0 fully saturated rings. The number of carbonyl (C=O) groups excluding carboxylic acids is 1. The van der Waals surface area contributed by atoms with Crippen LogP contribution in [0, 0.1) is 5.92 Å². The number of ether oxygens (including phenoxy) is 1. The zero-order valence-corrected chi connectivity index (χ0v) is 22.7. The minimum atomic E-state index is -1.38. The Labute approximate surface area is 220 Å². The summed E-state index contributed by atoms with van der Waals surface area (Å²) in [6.07, 6.45) is 11.7. The van der Waals surface area contributed by atoms with E-state index in [2.05, 4.69) is 23.8 Å². The van der Waals surface area contributed by atoms with Crippen LogP contribution in [0.2, 0.25) is 0 Å². The lowest BCUT2D eigenvalue weighted by molar-refractivity contribution is -0.154. The van der Waals surface area contributed by atoms with E-state index in [0.717, 1.165) is 25.2 Å². The highest BCUT2D eigenvalue weighted by molar-refractivity contribution is 5.69. The number of oxazole rings is 2. The molecule has 0 bridgehead atoms. The van der Waals surface area contributed by atoms with E-state index in [4.69, 9.17) is 13.6 Å². The van der Waals surface area contributed by atoms with Gasteiger partial charge >= 0.3 is 5.97 Å². The first-order chi connectivity index (χ1) is 17.8. The van der Waals surface area contributed by atoms with Crippen LogP contribution in [0.3, 0.4) is 0 Å². The summed E-state index contributed by atoms with van der Waals surface area (Å²) >= 11 is 0. The number of carbonyl (C=O) groups is 1. The van der Waals surface area contributed by atoms with Gasteiger partial charge in [-0.2, -0.15) is 0 Å². The molecule has 210 valence electrons. The minimum absolute atomic E-state index is 0.133. The van der Waals surface area contributed by atoms with E-state index in [1.807, 2.05) is 0 Å². The molecule has 0 spiro atoms. The third-order valence-corrected chi connectivity index (χ3v) is 6.48. The van der Waals surface area contributed by atoms with Gasteiger partial charge in [0, 0.05) is 12.8 Å². The van der Waals surface area contributed by atoms with E-state index < -0.39 is 30.4 Å². The molecule has 0 aliphatic carbocycles. The molecule has 0 aliphatic rings. The molecule has 3 N–H and O–H groups in total. The van der Waals surface area contributed by atoms with Gasteiger partial charge in [-0.3, -0.25) is 4.79 Å². The van der Waals surface area contributed by atoms with Gasteiger partial charge < -0.3 is 28.9 Å². The predicted octanol–water partition coefficient (Wildman–Crippen LogP) is 5.28. The minimum Gasteiger partial charge on any atom is -0.454 e. The van der Waals surface area contributed by atoms with E-state index in [1.54, 1.807) is 6.20 Å². The Balaban J connectivity index is 1.75. The highest BCUT2D eigenvalue weighted by Gasteiger charge is 2.30. The van der Waals surface area contributed by atoms with Crippen molar-refractivity contribution < 1.29 is 33.7 Å². The van der Waals surface area contributed by atoms with E-state index in [-0.39, 0.29) is 25.0 Å². The molecular weight excluding hydrogens is 476 g/mol. The molecule has 0 saturated heterocycles. The van der Waals surface area contributed by atoms with Gasteiger partial charge in [-0.25, -0.2) is 9.97 Å². The number of rotatable bonds is 20. The first kappa shape index (κ1) is 31.0. The number of aliphatic hydroxyl groups is 3. The normalized spacial score (nSPS) is 15.0. The van der Waals surface area contributed by atoms with Gasteiger partial charge in [0.25, 0.3) is 0 Å². The van der Waals surface area contributed by atoms with E-state index in [1.165, 1.54) is 64.5 Å². The number of unbranched alkanes of at least 4 members (excludes halogenated alkanes) is 8. The molecule has 0 saturated carbocycles. The van der Waals surface area contributed by atoms with Crippen molar-refractivity contribution in [3.63, 3.8) is 0 Å². The zero-order valence-electron chi connectivity index (χ0n) is 22.7. The van der Waals surface area contributed by atoms with Crippen LogP contribution in [-0.4, -0.2) is 49.6 Å². The van der Waals surface area contributed by atoms with E-state index >= 15 is 0 Å². The summed E-state index contributed by atoms with van der Waals surface area (Å²) in [7, 11) is 0. The fraction of sp³-hybridized carbons (Fsp3) is 0.750. The van der Waals surface area contributed by atoms with Gasteiger partial charge in [-0.05, 0) is 19.3 Å². The molecule has 4 atom stereocenters. The molecular formula is C28H46N2O7. The van der Waals surface area contributed by atoms with E-state index in [9.17, 15) is 20.1 Å². The summed E-state index contributed by atoms with van der Waals surface area (Å²) in [5, 5.41) is 30.0.